The van der Waals surface area contributed by atoms with Crippen LogP contribution in [0.3, 0.4) is 0 Å². The number of carbonyl (C=O) groups excluding carboxylic acids is 1. The van der Waals surface area contributed by atoms with Crippen molar-refractivity contribution >= 4 is 60.7 Å². The van der Waals surface area contributed by atoms with E-state index in [2.05, 4.69) is 15.1 Å². The van der Waals surface area contributed by atoms with Crippen molar-refractivity contribution in [3.63, 3.8) is 0 Å². The van der Waals surface area contributed by atoms with Gasteiger partial charge < -0.3 is 19.7 Å². The highest BCUT2D eigenvalue weighted by molar-refractivity contribution is 7.92. The topological polar surface area (TPSA) is 104 Å². The van der Waals surface area contributed by atoms with Gasteiger partial charge in [0.25, 0.3) is 15.9 Å². The minimum absolute atomic E-state index is 0. The summed E-state index contributed by atoms with van der Waals surface area (Å²) >= 11 is 1.64. The van der Waals surface area contributed by atoms with Crippen molar-refractivity contribution < 1.29 is 22.7 Å². The number of thiazole rings is 1. The number of methoxy groups -OCH3 is 2. The molecule has 13 heteroatoms. The first-order valence-electron chi connectivity index (χ1n) is 13.2. The zero-order valence-electron chi connectivity index (χ0n) is 23.6. The van der Waals surface area contributed by atoms with Gasteiger partial charge in [-0.15, -0.1) is 12.4 Å². The maximum Gasteiger partial charge on any atom is 0.264 e. The number of aromatic nitrogens is 1. The lowest BCUT2D eigenvalue weighted by molar-refractivity contribution is 0.0947. The van der Waals surface area contributed by atoms with E-state index in [1.165, 1.54) is 23.5 Å². The number of piperazine rings is 1. The summed E-state index contributed by atoms with van der Waals surface area (Å²) in [7, 11) is 1.03. The predicted octanol–water partition coefficient (Wildman–Crippen LogP) is 4.11. The first-order chi connectivity index (χ1) is 19.8. The molecule has 224 valence electrons. The maximum absolute atomic E-state index is 13.0. The Bertz CT molecular complexity index is 1610. The number of ether oxygens (including phenoxy) is 2. The first-order valence-corrected chi connectivity index (χ1v) is 15.5. The molecule has 1 amide bonds. The van der Waals surface area contributed by atoms with E-state index < -0.39 is 10.0 Å². The molecule has 0 spiro atoms. The van der Waals surface area contributed by atoms with E-state index in [4.69, 9.17) is 14.5 Å². The molecule has 42 heavy (non-hydrogen) atoms. The van der Waals surface area contributed by atoms with E-state index in [0.717, 1.165) is 48.1 Å². The Hall–Kier alpha value is -3.58. The van der Waals surface area contributed by atoms with Gasteiger partial charge in [0.1, 0.15) is 5.52 Å². The van der Waals surface area contributed by atoms with Crippen LogP contribution in [-0.4, -0.2) is 84.7 Å². The number of halogens is 1. The third kappa shape index (κ3) is 6.57. The number of carbonyl (C=O) groups is 1. The fraction of sp³-hybridized carbons (Fsp3) is 0.310. The van der Waals surface area contributed by atoms with Gasteiger partial charge in [0.2, 0.25) is 0 Å². The number of fused-ring (bicyclic) bond motifs is 1. The SMILES string of the molecule is COc1ccc2sc(N3CCN(CCNC(=O)c4ccc(S(=O)(=O)N(C)c5ccccc5)cc4)CC3)nc2c1OC.Cl. The van der Waals surface area contributed by atoms with Gasteiger partial charge in [-0.2, -0.15) is 0 Å². The molecule has 1 fully saturated rings. The largest absolute Gasteiger partial charge is 0.493 e. The van der Waals surface area contributed by atoms with Crippen molar-refractivity contribution in [1.29, 1.82) is 0 Å². The van der Waals surface area contributed by atoms with Gasteiger partial charge in [-0.3, -0.25) is 14.0 Å². The van der Waals surface area contributed by atoms with Crippen LogP contribution in [0.4, 0.5) is 10.8 Å². The van der Waals surface area contributed by atoms with Gasteiger partial charge in [-0.25, -0.2) is 13.4 Å². The van der Waals surface area contributed by atoms with Crippen LogP contribution in [0.5, 0.6) is 11.5 Å². The van der Waals surface area contributed by atoms with Crippen LogP contribution in [0.2, 0.25) is 0 Å². The second-order valence-electron chi connectivity index (χ2n) is 9.56. The first kappa shape index (κ1) is 31.4. The average Bonchev–Trinajstić information content (AvgIpc) is 3.45. The van der Waals surface area contributed by atoms with E-state index in [1.807, 2.05) is 18.2 Å². The minimum atomic E-state index is -3.73. The highest BCUT2D eigenvalue weighted by Gasteiger charge is 2.23. The second-order valence-corrected chi connectivity index (χ2v) is 12.5. The standard InChI is InChI=1S/C29H33N5O5S2.ClH/c1-32(22-7-5-4-6-8-22)41(36,37)23-11-9-21(10-12-23)28(35)30-15-16-33-17-19-34(20-18-33)29-31-26-25(40-29)14-13-24(38-2)27(26)39-3;/h4-14H,15-20H2,1-3H3,(H,30,35);1H. The normalized spacial score (nSPS) is 13.8. The van der Waals surface area contributed by atoms with Crippen LogP contribution in [0.15, 0.2) is 71.6 Å². The fourth-order valence-electron chi connectivity index (χ4n) is 4.74. The number of amides is 1. The molecular formula is C29H34ClN5O5S2. The molecule has 0 aliphatic carbocycles. The number of anilines is 2. The second kappa shape index (κ2) is 13.6. The van der Waals surface area contributed by atoms with Crippen LogP contribution in [-0.2, 0) is 10.0 Å². The number of para-hydroxylation sites is 1. The van der Waals surface area contributed by atoms with Crippen LogP contribution in [0.1, 0.15) is 10.4 Å². The Kier molecular flexibility index (Phi) is 10.2. The molecule has 0 saturated carbocycles. The van der Waals surface area contributed by atoms with Gasteiger partial charge >= 0.3 is 0 Å². The van der Waals surface area contributed by atoms with Gasteiger partial charge in [-0.1, -0.05) is 29.5 Å². The average molecular weight is 632 g/mol. The lowest BCUT2D eigenvalue weighted by Crippen LogP contribution is -2.48. The Morgan fingerprint density at radius 3 is 2.31 bits per heavy atom. The summed E-state index contributed by atoms with van der Waals surface area (Å²) in [6, 6.07) is 18.8. The number of hydrogen-bond acceptors (Lipinski definition) is 9. The van der Waals surface area contributed by atoms with Crippen LogP contribution in [0.25, 0.3) is 10.2 Å². The summed E-state index contributed by atoms with van der Waals surface area (Å²) in [5, 5.41) is 3.91. The minimum Gasteiger partial charge on any atom is -0.493 e. The molecule has 1 saturated heterocycles. The molecule has 0 unspecified atom stereocenters. The Balaban J connectivity index is 0.00000405. The third-order valence-corrected chi connectivity index (χ3v) is 10.0. The van der Waals surface area contributed by atoms with E-state index in [1.54, 1.807) is 62.0 Å². The van der Waals surface area contributed by atoms with Gasteiger partial charge in [0.05, 0.1) is 29.5 Å². The molecule has 0 atom stereocenters. The summed E-state index contributed by atoms with van der Waals surface area (Å²) in [6.45, 7) is 4.59. The monoisotopic (exact) mass is 631 g/mol. The van der Waals surface area contributed by atoms with Crippen molar-refractivity contribution in [2.75, 3.05) is 69.7 Å². The Morgan fingerprint density at radius 1 is 0.976 bits per heavy atom. The number of hydrogen-bond donors (Lipinski definition) is 1. The maximum atomic E-state index is 13.0. The number of rotatable bonds is 10. The number of nitrogens with one attached hydrogen (secondary N) is 1. The van der Waals surface area contributed by atoms with Crippen LogP contribution in [0, 0.1) is 0 Å². The molecule has 0 bridgehead atoms. The lowest BCUT2D eigenvalue weighted by Gasteiger charge is -2.34. The van der Waals surface area contributed by atoms with Crippen molar-refractivity contribution in [2.45, 2.75) is 4.90 Å². The van der Waals surface area contributed by atoms with Crippen molar-refractivity contribution in [3.8, 4) is 11.5 Å². The smallest absolute Gasteiger partial charge is 0.264 e. The van der Waals surface area contributed by atoms with Crippen molar-refractivity contribution in [3.05, 3.63) is 72.3 Å². The molecule has 10 nitrogen and oxygen atoms in total. The highest BCUT2D eigenvalue weighted by Crippen LogP contribution is 2.40. The van der Waals surface area contributed by atoms with Crippen LogP contribution >= 0.6 is 23.7 Å². The van der Waals surface area contributed by atoms with Gasteiger partial charge in [0, 0.05) is 51.9 Å². The molecule has 0 radical (unpaired) electrons. The van der Waals surface area contributed by atoms with Crippen molar-refractivity contribution in [1.82, 2.24) is 15.2 Å². The lowest BCUT2D eigenvalue weighted by atomic mass is 10.2. The van der Waals surface area contributed by atoms with E-state index in [9.17, 15) is 13.2 Å². The molecule has 1 N–H and O–H groups in total. The Morgan fingerprint density at radius 2 is 1.67 bits per heavy atom. The summed E-state index contributed by atoms with van der Waals surface area (Å²) in [6.07, 6.45) is 0. The molecule has 2 heterocycles. The zero-order valence-corrected chi connectivity index (χ0v) is 26.1. The summed E-state index contributed by atoms with van der Waals surface area (Å²) in [5.41, 5.74) is 1.79. The fourth-order valence-corrected chi connectivity index (χ4v) is 6.95. The molecule has 1 aliphatic rings. The van der Waals surface area contributed by atoms with E-state index >= 15 is 0 Å². The van der Waals surface area contributed by atoms with E-state index in [0.29, 0.717) is 29.3 Å². The Labute approximate surface area is 256 Å². The highest BCUT2D eigenvalue weighted by atomic mass is 35.5. The molecule has 1 aliphatic heterocycles. The summed E-state index contributed by atoms with van der Waals surface area (Å²) in [5.74, 6) is 1.08. The number of nitrogens with zero attached hydrogens (tertiary/aromatic N) is 4. The van der Waals surface area contributed by atoms with E-state index in [-0.39, 0.29) is 23.2 Å². The van der Waals surface area contributed by atoms with Gasteiger partial charge in [-0.05, 0) is 48.5 Å². The summed E-state index contributed by atoms with van der Waals surface area (Å²) < 4.78 is 39.2. The predicted molar refractivity (Wildman–Crippen MR) is 169 cm³/mol. The number of benzene rings is 3. The number of sulfonamides is 1. The van der Waals surface area contributed by atoms with Crippen molar-refractivity contribution in [2.24, 2.45) is 0 Å². The van der Waals surface area contributed by atoms with Gasteiger partial charge in [0.15, 0.2) is 16.6 Å². The molecule has 3 aromatic carbocycles. The molecule has 5 rings (SSSR count). The molecular weight excluding hydrogens is 598 g/mol. The molecule has 4 aromatic rings. The summed E-state index contributed by atoms with van der Waals surface area (Å²) in [4.78, 5) is 22.2. The third-order valence-electron chi connectivity index (χ3n) is 7.14. The molecule has 1 aromatic heterocycles. The van der Waals surface area contributed by atoms with Crippen LogP contribution < -0.4 is 24.0 Å². The zero-order chi connectivity index (χ0) is 29.0. The quantitative estimate of drug-likeness (QED) is 0.279.